The van der Waals surface area contributed by atoms with E-state index in [-0.39, 0.29) is 18.5 Å². The van der Waals surface area contributed by atoms with Gasteiger partial charge in [-0.3, -0.25) is 4.99 Å². The van der Waals surface area contributed by atoms with E-state index in [0.29, 0.717) is 25.8 Å². The minimum atomic E-state index is -4.45. The molecule has 3 rings (SSSR count). The van der Waals surface area contributed by atoms with Crippen molar-refractivity contribution < 1.29 is 17.6 Å². The molecule has 0 saturated heterocycles. The van der Waals surface area contributed by atoms with Gasteiger partial charge in [0.05, 0.1) is 6.54 Å². The molecule has 1 aliphatic heterocycles. The Kier molecular flexibility index (Phi) is 5.08. The highest BCUT2D eigenvalue weighted by atomic mass is 79.9. The summed E-state index contributed by atoms with van der Waals surface area (Å²) in [6, 6.07) is 11.1. The molecule has 1 nitrogen and oxygen atoms in total. The van der Waals surface area contributed by atoms with Gasteiger partial charge in [-0.2, -0.15) is 13.2 Å². The van der Waals surface area contributed by atoms with Gasteiger partial charge in [0.2, 0.25) is 0 Å². The molecule has 0 amide bonds. The average molecular weight is 479 g/mol. The SMILES string of the molecule is FCc1ccc(C2=NCC(c3cc(Br)cc(Br)c3)(C(F)(F)F)C2)cc1. The number of nitrogens with zero attached hydrogens (tertiary/aromatic N) is 1. The summed E-state index contributed by atoms with van der Waals surface area (Å²) in [4.78, 5) is 4.19. The molecule has 0 saturated carbocycles. The number of aliphatic imine (C=N–C) groups is 1. The molecular formula is C18H13Br2F4N. The molecule has 2 aromatic carbocycles. The summed E-state index contributed by atoms with van der Waals surface area (Å²) >= 11 is 6.51. The van der Waals surface area contributed by atoms with Gasteiger partial charge in [-0.1, -0.05) is 56.1 Å². The second-order valence-electron chi connectivity index (χ2n) is 6.01. The first-order valence-corrected chi connectivity index (χ1v) is 9.06. The van der Waals surface area contributed by atoms with Crippen LogP contribution in [-0.4, -0.2) is 18.4 Å². The largest absolute Gasteiger partial charge is 0.400 e. The zero-order valence-corrected chi connectivity index (χ0v) is 16.0. The van der Waals surface area contributed by atoms with E-state index in [1.807, 2.05) is 0 Å². The van der Waals surface area contributed by atoms with Crippen LogP contribution < -0.4 is 0 Å². The van der Waals surface area contributed by atoms with Crippen LogP contribution in [-0.2, 0) is 12.1 Å². The van der Waals surface area contributed by atoms with Crippen LogP contribution in [0.15, 0.2) is 56.4 Å². The van der Waals surface area contributed by atoms with Gasteiger partial charge in [0.1, 0.15) is 12.1 Å². The first kappa shape index (κ1) is 18.6. The van der Waals surface area contributed by atoms with Gasteiger partial charge in [0.15, 0.2) is 0 Å². The third kappa shape index (κ3) is 3.53. The Morgan fingerprint density at radius 3 is 2.12 bits per heavy atom. The summed E-state index contributed by atoms with van der Waals surface area (Å²) in [7, 11) is 0. The lowest BCUT2D eigenvalue weighted by atomic mass is 9.76. The first-order chi connectivity index (χ1) is 11.7. The molecule has 132 valence electrons. The molecular weight excluding hydrogens is 466 g/mol. The van der Waals surface area contributed by atoms with E-state index in [9.17, 15) is 17.6 Å². The molecule has 0 radical (unpaired) electrons. The summed E-state index contributed by atoms with van der Waals surface area (Å²) in [6.07, 6.45) is -4.69. The molecule has 25 heavy (non-hydrogen) atoms. The van der Waals surface area contributed by atoms with Crippen molar-refractivity contribution in [2.75, 3.05) is 6.54 Å². The van der Waals surface area contributed by atoms with Crippen molar-refractivity contribution in [1.82, 2.24) is 0 Å². The molecule has 2 aromatic rings. The lowest BCUT2D eigenvalue weighted by Gasteiger charge is -2.32. The van der Waals surface area contributed by atoms with Gasteiger partial charge < -0.3 is 0 Å². The molecule has 0 N–H and O–H groups in total. The Morgan fingerprint density at radius 2 is 1.60 bits per heavy atom. The number of benzene rings is 2. The molecule has 0 aliphatic carbocycles. The maximum Gasteiger partial charge on any atom is 0.400 e. The van der Waals surface area contributed by atoms with Crippen LogP contribution in [0, 0.1) is 0 Å². The van der Waals surface area contributed by atoms with Crippen molar-refractivity contribution in [1.29, 1.82) is 0 Å². The van der Waals surface area contributed by atoms with E-state index >= 15 is 0 Å². The number of hydrogen-bond donors (Lipinski definition) is 0. The van der Waals surface area contributed by atoms with Gasteiger partial charge in [-0.15, -0.1) is 0 Å². The number of halogens is 6. The fourth-order valence-electron chi connectivity index (χ4n) is 2.98. The molecule has 1 aliphatic rings. The Morgan fingerprint density at radius 1 is 1.00 bits per heavy atom. The smallest absolute Gasteiger partial charge is 0.288 e. The van der Waals surface area contributed by atoms with Gasteiger partial charge >= 0.3 is 6.18 Å². The lowest BCUT2D eigenvalue weighted by Crippen LogP contribution is -2.43. The first-order valence-electron chi connectivity index (χ1n) is 7.47. The van der Waals surface area contributed by atoms with Crippen molar-refractivity contribution in [3.8, 4) is 0 Å². The Balaban J connectivity index is 2.00. The third-order valence-corrected chi connectivity index (χ3v) is 5.32. The molecule has 1 atom stereocenters. The van der Waals surface area contributed by atoms with Crippen LogP contribution in [0.5, 0.6) is 0 Å². The summed E-state index contributed by atoms with van der Waals surface area (Å²) in [5.41, 5.74) is -0.426. The minimum Gasteiger partial charge on any atom is -0.288 e. The summed E-state index contributed by atoms with van der Waals surface area (Å²) < 4.78 is 55.8. The predicted molar refractivity (Wildman–Crippen MR) is 96.9 cm³/mol. The fourth-order valence-corrected chi connectivity index (χ4v) is 4.28. The quantitative estimate of drug-likeness (QED) is 0.454. The maximum atomic E-state index is 14.0. The third-order valence-electron chi connectivity index (χ3n) is 4.41. The van der Waals surface area contributed by atoms with Crippen LogP contribution in [0.3, 0.4) is 0 Å². The van der Waals surface area contributed by atoms with Crippen LogP contribution in [0.2, 0.25) is 0 Å². The van der Waals surface area contributed by atoms with E-state index in [4.69, 9.17) is 0 Å². The van der Waals surface area contributed by atoms with E-state index in [1.54, 1.807) is 30.3 Å². The second-order valence-corrected chi connectivity index (χ2v) is 7.84. The Bertz CT molecular complexity index is 795. The van der Waals surface area contributed by atoms with E-state index in [0.717, 1.165) is 0 Å². The molecule has 0 aromatic heterocycles. The monoisotopic (exact) mass is 477 g/mol. The topological polar surface area (TPSA) is 12.4 Å². The van der Waals surface area contributed by atoms with Crippen molar-refractivity contribution in [3.05, 3.63) is 68.1 Å². The van der Waals surface area contributed by atoms with E-state index in [2.05, 4.69) is 36.9 Å². The standard InChI is InChI=1S/C18H13Br2F4N/c19-14-5-13(6-15(20)7-14)17(18(22,23)24)8-16(25-10-17)12-3-1-11(9-21)2-4-12/h1-7H,8-10H2. The van der Waals surface area contributed by atoms with E-state index < -0.39 is 18.3 Å². The second kappa shape index (κ2) is 6.83. The predicted octanol–water partition coefficient (Wildman–Crippen LogP) is 6.37. The average Bonchev–Trinajstić information content (AvgIpc) is 3.00. The Hall–Kier alpha value is -1.21. The summed E-state index contributed by atoms with van der Waals surface area (Å²) in [5, 5.41) is 0. The molecule has 0 fully saturated rings. The summed E-state index contributed by atoms with van der Waals surface area (Å²) in [6.45, 7) is -0.967. The number of alkyl halides is 4. The maximum absolute atomic E-state index is 14.0. The summed E-state index contributed by atoms with van der Waals surface area (Å²) in [5.74, 6) is 0. The zero-order valence-electron chi connectivity index (χ0n) is 12.9. The van der Waals surface area contributed by atoms with Crippen LogP contribution in [0.4, 0.5) is 17.6 Å². The van der Waals surface area contributed by atoms with Crippen molar-refractivity contribution in [3.63, 3.8) is 0 Å². The van der Waals surface area contributed by atoms with Gasteiger partial charge in [0, 0.05) is 21.1 Å². The van der Waals surface area contributed by atoms with Crippen LogP contribution in [0.25, 0.3) is 0 Å². The number of hydrogen-bond acceptors (Lipinski definition) is 1. The van der Waals surface area contributed by atoms with Crippen molar-refractivity contribution >= 4 is 37.6 Å². The van der Waals surface area contributed by atoms with Gasteiger partial charge in [-0.05, 0) is 34.9 Å². The highest BCUT2D eigenvalue weighted by Crippen LogP contribution is 2.48. The molecule has 1 heterocycles. The van der Waals surface area contributed by atoms with Crippen molar-refractivity contribution in [2.45, 2.75) is 24.7 Å². The molecule has 7 heteroatoms. The zero-order chi connectivity index (χ0) is 18.2. The molecule has 0 bridgehead atoms. The Labute approximate surface area is 159 Å². The molecule has 0 spiro atoms. The van der Waals surface area contributed by atoms with Gasteiger partial charge in [0.25, 0.3) is 0 Å². The highest BCUT2D eigenvalue weighted by Gasteiger charge is 2.58. The molecule has 1 unspecified atom stereocenters. The van der Waals surface area contributed by atoms with Gasteiger partial charge in [-0.25, -0.2) is 4.39 Å². The highest BCUT2D eigenvalue weighted by molar-refractivity contribution is 9.11. The minimum absolute atomic E-state index is 0.167. The van der Waals surface area contributed by atoms with Crippen LogP contribution >= 0.6 is 31.9 Å². The lowest BCUT2D eigenvalue weighted by molar-refractivity contribution is -0.183. The van der Waals surface area contributed by atoms with Crippen LogP contribution in [0.1, 0.15) is 23.1 Å². The van der Waals surface area contributed by atoms with Crippen molar-refractivity contribution in [2.24, 2.45) is 4.99 Å². The fraction of sp³-hybridized carbons (Fsp3) is 0.278. The normalized spacial score (nSPS) is 20.6. The number of rotatable bonds is 3. The van der Waals surface area contributed by atoms with E-state index in [1.165, 1.54) is 12.1 Å².